The van der Waals surface area contributed by atoms with Gasteiger partial charge in [-0.3, -0.25) is 14.5 Å². The molecule has 1 saturated heterocycles. The zero-order chi connectivity index (χ0) is 19.2. The van der Waals surface area contributed by atoms with E-state index in [4.69, 9.17) is 0 Å². The number of nitrogens with one attached hydrogen (secondary N) is 1. The predicted molar refractivity (Wildman–Crippen MR) is 107 cm³/mol. The van der Waals surface area contributed by atoms with Crippen molar-refractivity contribution in [2.45, 2.75) is 58.0 Å². The van der Waals surface area contributed by atoms with Crippen molar-refractivity contribution in [2.75, 3.05) is 26.2 Å². The Hall–Kier alpha value is -1.88. The highest BCUT2D eigenvalue weighted by atomic mass is 16.2. The van der Waals surface area contributed by atoms with E-state index >= 15 is 0 Å². The Morgan fingerprint density at radius 3 is 2.26 bits per heavy atom. The first-order valence-corrected chi connectivity index (χ1v) is 10.4. The van der Waals surface area contributed by atoms with Crippen molar-refractivity contribution in [3.8, 4) is 0 Å². The number of piperazine rings is 1. The molecule has 0 bridgehead atoms. The van der Waals surface area contributed by atoms with Crippen LogP contribution in [0.3, 0.4) is 0 Å². The first kappa shape index (κ1) is 19.9. The summed E-state index contributed by atoms with van der Waals surface area (Å²) in [6, 6.07) is 9.74. The third-order valence-corrected chi connectivity index (χ3v) is 5.75. The van der Waals surface area contributed by atoms with Gasteiger partial charge >= 0.3 is 0 Å². The first-order chi connectivity index (χ1) is 13.0. The average Bonchev–Trinajstić information content (AvgIpc) is 3.21. The fourth-order valence-corrected chi connectivity index (χ4v) is 4.28. The van der Waals surface area contributed by atoms with E-state index in [0.29, 0.717) is 12.5 Å². The molecule has 1 aliphatic heterocycles. The van der Waals surface area contributed by atoms with E-state index in [1.807, 2.05) is 49.1 Å². The van der Waals surface area contributed by atoms with Crippen LogP contribution in [-0.4, -0.2) is 53.8 Å². The molecular weight excluding hydrogens is 338 g/mol. The molecule has 5 heteroatoms. The molecule has 27 heavy (non-hydrogen) atoms. The van der Waals surface area contributed by atoms with Gasteiger partial charge in [-0.2, -0.15) is 0 Å². The number of benzene rings is 1. The van der Waals surface area contributed by atoms with Gasteiger partial charge in [-0.25, -0.2) is 0 Å². The van der Waals surface area contributed by atoms with E-state index in [2.05, 4.69) is 10.2 Å². The maximum absolute atomic E-state index is 13.2. The molecular formula is C22H33N3O2. The van der Waals surface area contributed by atoms with Crippen LogP contribution < -0.4 is 5.32 Å². The van der Waals surface area contributed by atoms with Crippen molar-refractivity contribution in [2.24, 2.45) is 5.92 Å². The lowest BCUT2D eigenvalue weighted by molar-refractivity contribution is -0.138. The van der Waals surface area contributed by atoms with Crippen LogP contribution in [0.1, 0.15) is 57.6 Å². The summed E-state index contributed by atoms with van der Waals surface area (Å²) < 4.78 is 0. The summed E-state index contributed by atoms with van der Waals surface area (Å²) in [5.41, 5.74) is 0.859. The summed E-state index contributed by atoms with van der Waals surface area (Å²) in [6.45, 7) is 7.41. The summed E-state index contributed by atoms with van der Waals surface area (Å²) in [6.07, 6.45) is 5.70. The Kier molecular flexibility index (Phi) is 6.89. The Labute approximate surface area is 163 Å². The summed E-state index contributed by atoms with van der Waals surface area (Å²) in [4.78, 5) is 30.1. The zero-order valence-corrected chi connectivity index (χ0v) is 16.7. The smallest absolute Gasteiger partial charge is 0.249 e. The van der Waals surface area contributed by atoms with Crippen molar-refractivity contribution >= 4 is 11.8 Å². The van der Waals surface area contributed by atoms with Gasteiger partial charge in [0.25, 0.3) is 0 Å². The number of carbonyl (C=O) groups is 2. The Balaban J connectivity index is 1.65. The minimum absolute atomic E-state index is 0.0179. The van der Waals surface area contributed by atoms with Gasteiger partial charge in [0.05, 0.1) is 0 Å². The molecule has 0 radical (unpaired) electrons. The summed E-state index contributed by atoms with van der Waals surface area (Å²) in [5, 5.41) is 2.98. The molecule has 2 fully saturated rings. The third-order valence-electron chi connectivity index (χ3n) is 5.75. The Bertz CT molecular complexity index is 618. The second-order valence-corrected chi connectivity index (χ2v) is 8.31. The lowest BCUT2D eigenvalue weighted by atomic mass is 10.0. The van der Waals surface area contributed by atoms with Crippen LogP contribution in [0.4, 0.5) is 0 Å². The van der Waals surface area contributed by atoms with Crippen LogP contribution in [0.2, 0.25) is 0 Å². The molecule has 0 aromatic heterocycles. The molecule has 1 aromatic rings. The molecule has 3 rings (SSSR count). The van der Waals surface area contributed by atoms with Gasteiger partial charge in [0, 0.05) is 38.6 Å². The number of hydrogen-bond donors (Lipinski definition) is 1. The van der Waals surface area contributed by atoms with Crippen molar-refractivity contribution in [1.29, 1.82) is 0 Å². The fourth-order valence-electron chi connectivity index (χ4n) is 4.28. The highest BCUT2D eigenvalue weighted by Crippen LogP contribution is 2.25. The van der Waals surface area contributed by atoms with E-state index in [1.165, 1.54) is 25.7 Å². The van der Waals surface area contributed by atoms with E-state index in [1.54, 1.807) is 0 Å². The third kappa shape index (κ3) is 5.32. The number of carbonyl (C=O) groups excluding carboxylic acids is 2. The molecule has 1 unspecified atom stereocenters. The van der Waals surface area contributed by atoms with Crippen LogP contribution in [0.15, 0.2) is 30.3 Å². The first-order valence-electron chi connectivity index (χ1n) is 10.4. The topological polar surface area (TPSA) is 52.7 Å². The molecule has 5 nitrogen and oxygen atoms in total. The Morgan fingerprint density at radius 2 is 1.67 bits per heavy atom. The second kappa shape index (κ2) is 9.36. The standard InChI is InChI=1S/C22H33N3O2/c1-17(2)16-20(26)23-21(18-8-4-3-5-9-18)22(27)25-14-12-24(13-15-25)19-10-6-7-11-19/h3-5,8-9,17,19,21H,6-7,10-16H2,1-2H3,(H,23,26). The van der Waals surface area contributed by atoms with Crippen LogP contribution in [0.25, 0.3) is 0 Å². The molecule has 2 aliphatic rings. The number of hydrogen-bond acceptors (Lipinski definition) is 3. The van der Waals surface area contributed by atoms with Crippen LogP contribution in [0, 0.1) is 5.92 Å². The lowest BCUT2D eigenvalue weighted by Gasteiger charge is -2.39. The van der Waals surface area contributed by atoms with E-state index in [9.17, 15) is 9.59 Å². The maximum atomic E-state index is 13.2. The van der Waals surface area contributed by atoms with Crippen molar-refractivity contribution in [3.63, 3.8) is 0 Å². The van der Waals surface area contributed by atoms with E-state index in [-0.39, 0.29) is 17.7 Å². The average molecular weight is 372 g/mol. The van der Waals surface area contributed by atoms with Crippen LogP contribution in [0.5, 0.6) is 0 Å². The molecule has 1 aromatic carbocycles. The van der Waals surface area contributed by atoms with Gasteiger partial charge in [0.1, 0.15) is 6.04 Å². The second-order valence-electron chi connectivity index (χ2n) is 8.31. The highest BCUT2D eigenvalue weighted by molar-refractivity contribution is 5.88. The number of amides is 2. The molecule has 1 atom stereocenters. The highest BCUT2D eigenvalue weighted by Gasteiger charge is 2.32. The minimum atomic E-state index is -0.588. The lowest BCUT2D eigenvalue weighted by Crippen LogP contribution is -2.54. The predicted octanol–water partition coefficient (Wildman–Crippen LogP) is 2.98. The number of nitrogens with zero attached hydrogens (tertiary/aromatic N) is 2. The normalized spacial score (nSPS) is 20.0. The summed E-state index contributed by atoms with van der Waals surface area (Å²) >= 11 is 0. The quantitative estimate of drug-likeness (QED) is 0.836. The van der Waals surface area contributed by atoms with Gasteiger partial charge in [0.15, 0.2) is 0 Å². The molecule has 1 heterocycles. The maximum Gasteiger partial charge on any atom is 0.249 e. The van der Waals surface area contributed by atoms with Crippen LogP contribution in [-0.2, 0) is 9.59 Å². The Morgan fingerprint density at radius 1 is 1.04 bits per heavy atom. The van der Waals surface area contributed by atoms with E-state index in [0.717, 1.165) is 31.7 Å². The van der Waals surface area contributed by atoms with Gasteiger partial charge in [-0.1, -0.05) is 57.0 Å². The molecule has 1 N–H and O–H groups in total. The zero-order valence-electron chi connectivity index (χ0n) is 16.7. The molecule has 1 saturated carbocycles. The largest absolute Gasteiger partial charge is 0.341 e. The van der Waals surface area contributed by atoms with E-state index < -0.39 is 6.04 Å². The fraction of sp³-hybridized carbons (Fsp3) is 0.636. The van der Waals surface area contributed by atoms with Crippen LogP contribution >= 0.6 is 0 Å². The molecule has 0 spiro atoms. The monoisotopic (exact) mass is 371 g/mol. The van der Waals surface area contributed by atoms with Crippen molar-refractivity contribution in [3.05, 3.63) is 35.9 Å². The van der Waals surface area contributed by atoms with Crippen molar-refractivity contribution < 1.29 is 9.59 Å². The number of rotatable bonds is 6. The molecule has 148 valence electrons. The summed E-state index contributed by atoms with van der Waals surface area (Å²) in [7, 11) is 0. The SMILES string of the molecule is CC(C)CC(=O)NC(C(=O)N1CCN(C2CCCC2)CC1)c1ccccc1. The van der Waals surface area contributed by atoms with Gasteiger partial charge in [0.2, 0.25) is 11.8 Å². The van der Waals surface area contributed by atoms with Gasteiger partial charge in [-0.05, 0) is 24.3 Å². The molecule has 2 amide bonds. The van der Waals surface area contributed by atoms with Crippen molar-refractivity contribution in [1.82, 2.24) is 15.1 Å². The summed E-state index contributed by atoms with van der Waals surface area (Å²) in [5.74, 6) is 0.229. The van der Waals surface area contributed by atoms with Gasteiger partial charge in [-0.15, -0.1) is 0 Å². The minimum Gasteiger partial charge on any atom is -0.341 e. The van der Waals surface area contributed by atoms with Gasteiger partial charge < -0.3 is 10.2 Å². The molecule has 1 aliphatic carbocycles.